The van der Waals surface area contributed by atoms with E-state index < -0.39 is 0 Å². The van der Waals surface area contributed by atoms with Crippen LogP contribution in [0.25, 0.3) is 10.9 Å². The first kappa shape index (κ1) is 10.0. The molecule has 84 valence electrons. The van der Waals surface area contributed by atoms with Crippen molar-refractivity contribution in [2.24, 2.45) is 0 Å². The van der Waals surface area contributed by atoms with Gasteiger partial charge in [0.1, 0.15) is 17.3 Å². The van der Waals surface area contributed by atoms with Gasteiger partial charge in [0, 0.05) is 17.1 Å². The summed E-state index contributed by atoms with van der Waals surface area (Å²) in [5.74, 6) is 0.656. The minimum atomic E-state index is 0.408. The predicted octanol–water partition coefficient (Wildman–Crippen LogP) is 2.75. The Bertz CT molecular complexity index is 664. The van der Waals surface area contributed by atoms with Crippen molar-refractivity contribution >= 4 is 34.0 Å². The van der Waals surface area contributed by atoms with Gasteiger partial charge >= 0.3 is 0 Å². The minimum Gasteiger partial charge on any atom is -0.340 e. The fourth-order valence-electron chi connectivity index (χ4n) is 1.56. The standard InChI is InChI=1S/C11H8ClN5/c12-10-4-11(14-6-13-10)16-8-2-1-7-5-15-17-9(7)3-8/h1-6H,(H,15,17)(H,13,14,16). The highest BCUT2D eigenvalue weighted by molar-refractivity contribution is 6.29. The van der Waals surface area contributed by atoms with Crippen LogP contribution in [0.3, 0.4) is 0 Å². The molecule has 17 heavy (non-hydrogen) atoms. The average molecular weight is 246 g/mol. The summed E-state index contributed by atoms with van der Waals surface area (Å²) in [7, 11) is 0. The van der Waals surface area contributed by atoms with Crippen molar-refractivity contribution < 1.29 is 0 Å². The number of nitrogens with zero attached hydrogens (tertiary/aromatic N) is 3. The van der Waals surface area contributed by atoms with Crippen LogP contribution >= 0.6 is 11.6 Å². The number of aromatic amines is 1. The summed E-state index contributed by atoms with van der Waals surface area (Å²) in [5, 5.41) is 11.5. The van der Waals surface area contributed by atoms with Crippen molar-refractivity contribution in [2.45, 2.75) is 0 Å². The highest BCUT2D eigenvalue weighted by Gasteiger charge is 2.00. The Hall–Kier alpha value is -2.14. The van der Waals surface area contributed by atoms with Gasteiger partial charge in [0.05, 0.1) is 11.7 Å². The van der Waals surface area contributed by atoms with Gasteiger partial charge in [-0.15, -0.1) is 0 Å². The summed E-state index contributed by atoms with van der Waals surface area (Å²) in [6, 6.07) is 7.55. The second-order valence-corrected chi connectivity index (χ2v) is 3.91. The topological polar surface area (TPSA) is 66.5 Å². The zero-order valence-corrected chi connectivity index (χ0v) is 9.44. The number of halogens is 1. The van der Waals surface area contributed by atoms with Crippen molar-refractivity contribution in [2.75, 3.05) is 5.32 Å². The number of fused-ring (bicyclic) bond motifs is 1. The van der Waals surface area contributed by atoms with Gasteiger partial charge in [-0.1, -0.05) is 11.6 Å². The first-order valence-corrected chi connectivity index (χ1v) is 5.37. The zero-order chi connectivity index (χ0) is 11.7. The summed E-state index contributed by atoms with van der Waals surface area (Å²) < 4.78 is 0. The molecule has 0 saturated carbocycles. The molecule has 3 rings (SSSR count). The smallest absolute Gasteiger partial charge is 0.135 e. The van der Waals surface area contributed by atoms with Crippen LogP contribution < -0.4 is 5.32 Å². The molecule has 2 aromatic heterocycles. The molecule has 0 unspecified atom stereocenters. The Morgan fingerprint density at radius 2 is 2.12 bits per heavy atom. The van der Waals surface area contributed by atoms with Gasteiger partial charge in [-0.25, -0.2) is 9.97 Å². The van der Waals surface area contributed by atoms with Crippen LogP contribution in [0.4, 0.5) is 11.5 Å². The maximum absolute atomic E-state index is 5.78. The van der Waals surface area contributed by atoms with Crippen molar-refractivity contribution in [1.29, 1.82) is 0 Å². The molecular weight excluding hydrogens is 238 g/mol. The molecule has 0 radical (unpaired) electrons. The first-order chi connectivity index (χ1) is 8.31. The van der Waals surface area contributed by atoms with E-state index in [0.717, 1.165) is 16.6 Å². The molecule has 0 aliphatic carbocycles. The molecule has 2 N–H and O–H groups in total. The molecule has 0 spiro atoms. The zero-order valence-electron chi connectivity index (χ0n) is 8.68. The van der Waals surface area contributed by atoms with Crippen LogP contribution in [0.1, 0.15) is 0 Å². The summed E-state index contributed by atoms with van der Waals surface area (Å²) >= 11 is 5.78. The van der Waals surface area contributed by atoms with Gasteiger partial charge in [0.2, 0.25) is 0 Å². The SMILES string of the molecule is Clc1cc(Nc2ccc3cn[nH]c3c2)ncn1. The summed E-state index contributed by atoms with van der Waals surface area (Å²) in [4.78, 5) is 7.89. The van der Waals surface area contributed by atoms with E-state index in [1.807, 2.05) is 18.2 Å². The summed E-state index contributed by atoms with van der Waals surface area (Å²) in [6.07, 6.45) is 3.19. The van der Waals surface area contributed by atoms with Gasteiger partial charge in [-0.05, 0) is 18.2 Å². The Morgan fingerprint density at radius 1 is 1.18 bits per heavy atom. The third-order valence-corrected chi connectivity index (χ3v) is 2.55. The molecule has 1 aromatic carbocycles. The lowest BCUT2D eigenvalue weighted by Crippen LogP contribution is -1.93. The maximum Gasteiger partial charge on any atom is 0.135 e. The number of aromatic nitrogens is 4. The third kappa shape index (κ3) is 2.05. The number of nitrogens with one attached hydrogen (secondary N) is 2. The Labute approximate surface area is 102 Å². The quantitative estimate of drug-likeness (QED) is 0.682. The van der Waals surface area contributed by atoms with Crippen LogP contribution in [-0.4, -0.2) is 20.2 Å². The van der Waals surface area contributed by atoms with E-state index in [0.29, 0.717) is 11.0 Å². The second kappa shape index (κ2) is 4.03. The van der Waals surface area contributed by atoms with Crippen LogP contribution in [0.5, 0.6) is 0 Å². The maximum atomic E-state index is 5.78. The molecule has 2 heterocycles. The highest BCUT2D eigenvalue weighted by atomic mass is 35.5. The van der Waals surface area contributed by atoms with E-state index in [4.69, 9.17) is 11.6 Å². The lowest BCUT2D eigenvalue weighted by atomic mass is 10.2. The molecule has 0 amide bonds. The molecule has 0 atom stereocenters. The number of hydrogen-bond acceptors (Lipinski definition) is 4. The van der Waals surface area contributed by atoms with Gasteiger partial charge in [0.25, 0.3) is 0 Å². The molecule has 0 saturated heterocycles. The Morgan fingerprint density at radius 3 is 3.00 bits per heavy atom. The summed E-state index contributed by atoms with van der Waals surface area (Å²) in [5.41, 5.74) is 1.88. The van der Waals surface area contributed by atoms with E-state index >= 15 is 0 Å². The molecule has 0 aliphatic heterocycles. The number of H-pyrrole nitrogens is 1. The van der Waals surface area contributed by atoms with Crippen LogP contribution in [0.15, 0.2) is 36.8 Å². The minimum absolute atomic E-state index is 0.408. The van der Waals surface area contributed by atoms with E-state index in [1.54, 1.807) is 12.3 Å². The van der Waals surface area contributed by atoms with Crippen molar-refractivity contribution in [3.05, 3.63) is 41.9 Å². The fraction of sp³-hybridized carbons (Fsp3) is 0. The number of anilines is 2. The van der Waals surface area contributed by atoms with E-state index in [1.165, 1.54) is 6.33 Å². The monoisotopic (exact) mass is 245 g/mol. The van der Waals surface area contributed by atoms with Gasteiger partial charge < -0.3 is 5.32 Å². The normalized spacial score (nSPS) is 10.6. The highest BCUT2D eigenvalue weighted by Crippen LogP contribution is 2.20. The molecular formula is C11H8ClN5. The van der Waals surface area contributed by atoms with Crippen molar-refractivity contribution in [3.63, 3.8) is 0 Å². The number of rotatable bonds is 2. The lowest BCUT2D eigenvalue weighted by molar-refractivity contribution is 1.12. The van der Waals surface area contributed by atoms with Crippen LogP contribution in [0.2, 0.25) is 5.15 Å². The third-order valence-electron chi connectivity index (χ3n) is 2.35. The van der Waals surface area contributed by atoms with Crippen LogP contribution in [-0.2, 0) is 0 Å². The molecule has 0 bridgehead atoms. The average Bonchev–Trinajstić information content (AvgIpc) is 2.76. The fourth-order valence-corrected chi connectivity index (χ4v) is 1.71. The van der Waals surface area contributed by atoms with Gasteiger partial charge in [-0.2, -0.15) is 5.10 Å². The van der Waals surface area contributed by atoms with E-state index in [9.17, 15) is 0 Å². The molecule has 3 aromatic rings. The summed E-state index contributed by atoms with van der Waals surface area (Å²) in [6.45, 7) is 0. The number of hydrogen-bond donors (Lipinski definition) is 2. The van der Waals surface area contributed by atoms with Crippen molar-refractivity contribution in [1.82, 2.24) is 20.2 Å². The van der Waals surface area contributed by atoms with Crippen molar-refractivity contribution in [3.8, 4) is 0 Å². The molecule has 5 nitrogen and oxygen atoms in total. The van der Waals surface area contributed by atoms with Gasteiger partial charge in [0.15, 0.2) is 0 Å². The lowest BCUT2D eigenvalue weighted by Gasteiger charge is -2.04. The predicted molar refractivity (Wildman–Crippen MR) is 66.4 cm³/mol. The van der Waals surface area contributed by atoms with Gasteiger partial charge in [-0.3, -0.25) is 5.10 Å². The van der Waals surface area contributed by atoms with E-state index in [2.05, 4.69) is 25.5 Å². The molecule has 0 fully saturated rings. The van der Waals surface area contributed by atoms with Crippen LogP contribution in [0, 0.1) is 0 Å². The molecule has 6 heteroatoms. The van der Waals surface area contributed by atoms with E-state index in [-0.39, 0.29) is 0 Å². The Kier molecular flexibility index (Phi) is 2.38. The first-order valence-electron chi connectivity index (χ1n) is 4.99. The number of benzene rings is 1. The largest absolute Gasteiger partial charge is 0.340 e. The Balaban J connectivity index is 1.94. The second-order valence-electron chi connectivity index (χ2n) is 3.52. The molecule has 0 aliphatic rings.